The van der Waals surface area contributed by atoms with Crippen LogP contribution in [0.4, 0.5) is 4.39 Å². The normalized spacial score (nSPS) is 19.6. The first kappa shape index (κ1) is 12.5. The van der Waals surface area contributed by atoms with E-state index >= 15 is 0 Å². The number of hydrogen-bond donors (Lipinski definition) is 1. The Morgan fingerprint density at radius 1 is 1.39 bits per heavy atom. The summed E-state index contributed by atoms with van der Waals surface area (Å²) in [5, 5.41) is 0. The molecule has 1 aromatic carbocycles. The molecule has 2 N–H and O–H groups in total. The summed E-state index contributed by atoms with van der Waals surface area (Å²) in [7, 11) is 0. The van der Waals surface area contributed by atoms with Crippen molar-refractivity contribution in [2.24, 2.45) is 11.7 Å². The lowest BCUT2D eigenvalue weighted by molar-refractivity contribution is -0.123. The van der Waals surface area contributed by atoms with Gasteiger partial charge in [-0.05, 0) is 31.0 Å². The van der Waals surface area contributed by atoms with Gasteiger partial charge in [-0.3, -0.25) is 9.59 Å². The first-order valence-electron chi connectivity index (χ1n) is 5.92. The number of benzene rings is 1. The van der Waals surface area contributed by atoms with Crippen molar-refractivity contribution in [3.05, 3.63) is 35.6 Å². The Kier molecular flexibility index (Phi) is 3.60. The number of carbonyl (C=O) groups excluding carboxylic acids is 2. The Morgan fingerprint density at radius 3 is 2.83 bits per heavy atom. The molecule has 0 aromatic heterocycles. The number of nitrogens with two attached hydrogens (primary N) is 1. The third-order valence-corrected chi connectivity index (χ3v) is 3.18. The molecule has 96 valence electrons. The molecule has 4 nitrogen and oxygen atoms in total. The first-order valence-corrected chi connectivity index (χ1v) is 5.92. The van der Waals surface area contributed by atoms with Crippen LogP contribution in [-0.4, -0.2) is 29.8 Å². The fourth-order valence-electron chi connectivity index (χ4n) is 2.20. The highest BCUT2D eigenvalue weighted by atomic mass is 19.1. The number of carbonyl (C=O) groups is 2. The molecule has 1 aromatic rings. The predicted octanol–water partition coefficient (Wildman–Crippen LogP) is 1.16. The molecule has 1 saturated heterocycles. The van der Waals surface area contributed by atoms with Crippen molar-refractivity contribution in [3.63, 3.8) is 0 Å². The van der Waals surface area contributed by atoms with Crippen molar-refractivity contribution in [3.8, 4) is 0 Å². The number of nitrogens with zero attached hydrogens (tertiary/aromatic N) is 1. The van der Waals surface area contributed by atoms with Crippen LogP contribution in [0.15, 0.2) is 24.3 Å². The summed E-state index contributed by atoms with van der Waals surface area (Å²) < 4.78 is 13.1. The third kappa shape index (κ3) is 2.67. The Morgan fingerprint density at radius 2 is 2.17 bits per heavy atom. The summed E-state index contributed by atoms with van der Waals surface area (Å²) in [6.45, 7) is 0.907. The lowest BCUT2D eigenvalue weighted by atomic mass is 9.97. The molecule has 1 fully saturated rings. The molecule has 1 unspecified atom stereocenters. The van der Waals surface area contributed by atoms with E-state index in [4.69, 9.17) is 5.73 Å². The average Bonchev–Trinajstić information content (AvgIpc) is 2.38. The van der Waals surface area contributed by atoms with E-state index in [9.17, 15) is 14.0 Å². The van der Waals surface area contributed by atoms with Crippen LogP contribution in [0, 0.1) is 11.7 Å². The van der Waals surface area contributed by atoms with Crippen LogP contribution in [0.1, 0.15) is 23.2 Å². The van der Waals surface area contributed by atoms with Gasteiger partial charge < -0.3 is 10.6 Å². The second-order valence-corrected chi connectivity index (χ2v) is 4.50. The first-order chi connectivity index (χ1) is 8.58. The standard InChI is InChI=1S/C13H15FN2O2/c14-11-5-1-3-9(7-11)13(18)16-6-2-4-10(8-16)12(15)17/h1,3,5,7,10H,2,4,6,8H2,(H2,15,17). The molecule has 2 amide bonds. The minimum Gasteiger partial charge on any atom is -0.369 e. The van der Waals surface area contributed by atoms with Gasteiger partial charge in [0.25, 0.3) is 5.91 Å². The molecule has 0 radical (unpaired) electrons. The van der Waals surface area contributed by atoms with Gasteiger partial charge in [0.2, 0.25) is 5.91 Å². The van der Waals surface area contributed by atoms with Crippen molar-refractivity contribution in [1.29, 1.82) is 0 Å². The number of likely N-dealkylation sites (tertiary alicyclic amines) is 1. The minimum atomic E-state index is -0.440. The zero-order valence-corrected chi connectivity index (χ0v) is 9.93. The Labute approximate surface area is 105 Å². The second kappa shape index (κ2) is 5.16. The van der Waals surface area contributed by atoms with Crippen molar-refractivity contribution < 1.29 is 14.0 Å². The van der Waals surface area contributed by atoms with Crippen LogP contribution in [0.3, 0.4) is 0 Å². The van der Waals surface area contributed by atoms with E-state index in [1.165, 1.54) is 18.2 Å². The van der Waals surface area contributed by atoms with Crippen LogP contribution in [0.2, 0.25) is 0 Å². The average molecular weight is 250 g/mol. The number of amides is 2. The maximum atomic E-state index is 13.1. The molecule has 2 rings (SSSR count). The van der Waals surface area contributed by atoms with Gasteiger partial charge >= 0.3 is 0 Å². The number of halogens is 1. The second-order valence-electron chi connectivity index (χ2n) is 4.50. The molecular formula is C13H15FN2O2. The molecule has 5 heteroatoms. The van der Waals surface area contributed by atoms with E-state index in [0.717, 1.165) is 6.42 Å². The molecule has 0 saturated carbocycles. The fourth-order valence-corrected chi connectivity index (χ4v) is 2.20. The van der Waals surface area contributed by atoms with Crippen molar-refractivity contribution in [1.82, 2.24) is 4.90 Å². The molecule has 18 heavy (non-hydrogen) atoms. The summed E-state index contributed by atoms with van der Waals surface area (Å²) in [4.78, 5) is 24.8. The van der Waals surface area contributed by atoms with E-state index in [1.807, 2.05) is 0 Å². The highest BCUT2D eigenvalue weighted by molar-refractivity contribution is 5.94. The predicted molar refractivity (Wildman–Crippen MR) is 64.2 cm³/mol. The summed E-state index contributed by atoms with van der Waals surface area (Å²) in [5.41, 5.74) is 5.56. The largest absolute Gasteiger partial charge is 0.369 e. The SMILES string of the molecule is NC(=O)C1CCCN(C(=O)c2cccc(F)c2)C1. The molecule has 1 aliphatic rings. The van der Waals surface area contributed by atoms with E-state index in [2.05, 4.69) is 0 Å². The highest BCUT2D eigenvalue weighted by Gasteiger charge is 2.27. The number of primary amides is 1. The molecule has 0 spiro atoms. The van der Waals surface area contributed by atoms with Crippen molar-refractivity contribution in [2.75, 3.05) is 13.1 Å². The Hall–Kier alpha value is -1.91. The van der Waals surface area contributed by atoms with Gasteiger partial charge in [-0.15, -0.1) is 0 Å². The quantitative estimate of drug-likeness (QED) is 0.856. The third-order valence-electron chi connectivity index (χ3n) is 3.18. The number of hydrogen-bond acceptors (Lipinski definition) is 2. The maximum absolute atomic E-state index is 13.1. The fraction of sp³-hybridized carbons (Fsp3) is 0.385. The summed E-state index contributed by atoms with van der Waals surface area (Å²) in [5.74, 6) is -1.37. The van der Waals surface area contributed by atoms with Crippen molar-refractivity contribution in [2.45, 2.75) is 12.8 Å². The highest BCUT2D eigenvalue weighted by Crippen LogP contribution is 2.18. The monoisotopic (exact) mass is 250 g/mol. The van der Waals surface area contributed by atoms with Gasteiger partial charge in [0, 0.05) is 18.7 Å². The van der Waals surface area contributed by atoms with E-state index in [0.29, 0.717) is 25.1 Å². The van der Waals surface area contributed by atoms with E-state index < -0.39 is 5.82 Å². The van der Waals surface area contributed by atoms with Gasteiger partial charge in [0.1, 0.15) is 5.82 Å². The Bertz CT molecular complexity index is 476. The topological polar surface area (TPSA) is 63.4 Å². The summed E-state index contributed by atoms with van der Waals surface area (Å²) in [6.07, 6.45) is 1.46. The summed E-state index contributed by atoms with van der Waals surface area (Å²) in [6, 6.07) is 5.56. The van der Waals surface area contributed by atoms with E-state index in [-0.39, 0.29) is 17.7 Å². The molecule has 1 aliphatic heterocycles. The van der Waals surface area contributed by atoms with Gasteiger partial charge in [-0.2, -0.15) is 0 Å². The zero-order chi connectivity index (χ0) is 13.1. The molecule has 1 atom stereocenters. The summed E-state index contributed by atoms with van der Waals surface area (Å²) >= 11 is 0. The lowest BCUT2D eigenvalue weighted by Crippen LogP contribution is -2.44. The van der Waals surface area contributed by atoms with Crippen LogP contribution < -0.4 is 5.73 Å². The van der Waals surface area contributed by atoms with Gasteiger partial charge in [-0.1, -0.05) is 6.07 Å². The molecule has 1 heterocycles. The van der Waals surface area contributed by atoms with Gasteiger partial charge in [0.15, 0.2) is 0 Å². The van der Waals surface area contributed by atoms with E-state index in [1.54, 1.807) is 11.0 Å². The number of piperidine rings is 1. The molecular weight excluding hydrogens is 235 g/mol. The Balaban J connectivity index is 2.11. The van der Waals surface area contributed by atoms with Gasteiger partial charge in [-0.25, -0.2) is 4.39 Å². The van der Waals surface area contributed by atoms with Crippen LogP contribution in [0.5, 0.6) is 0 Å². The van der Waals surface area contributed by atoms with Crippen molar-refractivity contribution >= 4 is 11.8 Å². The minimum absolute atomic E-state index is 0.250. The number of rotatable bonds is 2. The smallest absolute Gasteiger partial charge is 0.253 e. The van der Waals surface area contributed by atoms with Gasteiger partial charge in [0.05, 0.1) is 5.92 Å². The zero-order valence-electron chi connectivity index (χ0n) is 9.93. The van der Waals surface area contributed by atoms with Crippen LogP contribution in [0.25, 0.3) is 0 Å². The maximum Gasteiger partial charge on any atom is 0.253 e. The van der Waals surface area contributed by atoms with Crippen LogP contribution in [-0.2, 0) is 4.79 Å². The van der Waals surface area contributed by atoms with Crippen LogP contribution >= 0.6 is 0 Å². The molecule has 0 aliphatic carbocycles. The lowest BCUT2D eigenvalue weighted by Gasteiger charge is -2.31. The molecule has 0 bridgehead atoms.